The van der Waals surface area contributed by atoms with Crippen LogP contribution in [0.25, 0.3) is 0 Å². The lowest BCUT2D eigenvalue weighted by atomic mass is 9.90. The third-order valence-corrected chi connectivity index (χ3v) is 2.04. The smallest absolute Gasteiger partial charge is 0.372 e. The van der Waals surface area contributed by atoms with Gasteiger partial charge in [-0.3, -0.25) is 0 Å². The maximum Gasteiger partial charge on any atom is 0.411 e. The van der Waals surface area contributed by atoms with Gasteiger partial charge in [-0.15, -0.1) is 0 Å². The fraction of sp³-hybridized carbons (Fsp3) is 1.00. The highest BCUT2D eigenvalue weighted by atomic mass is 19.4. The molecule has 0 atom stereocenters. The third-order valence-electron chi connectivity index (χ3n) is 2.04. The molecule has 0 rings (SSSR count). The Hall–Kier alpha value is -0.290. The van der Waals surface area contributed by atoms with Crippen LogP contribution in [-0.2, 0) is 4.74 Å². The molecule has 5 heteroatoms. The predicted molar refractivity (Wildman–Crippen MR) is 53.8 cm³/mol. The van der Waals surface area contributed by atoms with Gasteiger partial charge in [-0.05, 0) is 18.4 Å². The maximum absolute atomic E-state index is 11.7. The Kier molecular flexibility index (Phi) is 6.20. The molecular formula is C10H20F3NO. The fourth-order valence-electron chi connectivity index (χ4n) is 1.09. The number of nitrogens with one attached hydrogen (secondary N) is 1. The van der Waals surface area contributed by atoms with E-state index in [4.69, 9.17) is 0 Å². The van der Waals surface area contributed by atoms with E-state index < -0.39 is 12.8 Å². The Morgan fingerprint density at radius 1 is 1.20 bits per heavy atom. The van der Waals surface area contributed by atoms with Gasteiger partial charge in [0.2, 0.25) is 0 Å². The molecule has 0 fully saturated rings. The molecule has 0 heterocycles. The van der Waals surface area contributed by atoms with Crippen molar-refractivity contribution < 1.29 is 17.9 Å². The van der Waals surface area contributed by atoms with Gasteiger partial charge in [0.25, 0.3) is 0 Å². The molecule has 0 aromatic carbocycles. The fourth-order valence-corrected chi connectivity index (χ4v) is 1.09. The first kappa shape index (κ1) is 14.7. The van der Waals surface area contributed by atoms with Crippen LogP contribution in [0.1, 0.15) is 27.2 Å². The van der Waals surface area contributed by atoms with E-state index in [2.05, 4.69) is 10.1 Å². The molecule has 0 aromatic heterocycles. The van der Waals surface area contributed by atoms with Crippen molar-refractivity contribution >= 4 is 0 Å². The number of rotatable bonds is 7. The first-order chi connectivity index (χ1) is 6.77. The molecule has 92 valence electrons. The minimum absolute atomic E-state index is 0.0262. The van der Waals surface area contributed by atoms with Crippen LogP contribution in [0.4, 0.5) is 13.2 Å². The molecule has 0 amide bonds. The summed E-state index contributed by atoms with van der Waals surface area (Å²) in [5, 5.41) is 3.17. The Labute approximate surface area is 89.2 Å². The van der Waals surface area contributed by atoms with Crippen LogP contribution < -0.4 is 5.32 Å². The summed E-state index contributed by atoms with van der Waals surface area (Å²) in [7, 11) is 0. The van der Waals surface area contributed by atoms with Crippen LogP contribution >= 0.6 is 0 Å². The van der Waals surface area contributed by atoms with E-state index in [0.29, 0.717) is 6.42 Å². The molecule has 0 aliphatic heterocycles. The van der Waals surface area contributed by atoms with E-state index in [1.807, 2.05) is 20.8 Å². The average Bonchev–Trinajstić information content (AvgIpc) is 2.08. The average molecular weight is 227 g/mol. The van der Waals surface area contributed by atoms with Crippen molar-refractivity contribution in [2.45, 2.75) is 33.4 Å². The van der Waals surface area contributed by atoms with Crippen molar-refractivity contribution in [1.29, 1.82) is 0 Å². The van der Waals surface area contributed by atoms with Gasteiger partial charge in [0.1, 0.15) is 6.61 Å². The third kappa shape index (κ3) is 10.0. The van der Waals surface area contributed by atoms with E-state index in [0.717, 1.165) is 13.1 Å². The molecule has 1 N–H and O–H groups in total. The van der Waals surface area contributed by atoms with Crippen LogP contribution in [0, 0.1) is 5.41 Å². The van der Waals surface area contributed by atoms with Crippen molar-refractivity contribution in [1.82, 2.24) is 5.32 Å². The summed E-state index contributed by atoms with van der Waals surface area (Å²) in [6.45, 7) is 6.67. The molecule has 0 aromatic rings. The van der Waals surface area contributed by atoms with Gasteiger partial charge in [0.15, 0.2) is 0 Å². The lowest BCUT2D eigenvalue weighted by molar-refractivity contribution is -0.175. The first-order valence-electron chi connectivity index (χ1n) is 5.12. The van der Waals surface area contributed by atoms with Gasteiger partial charge in [-0.1, -0.05) is 20.8 Å². The number of hydrogen-bond donors (Lipinski definition) is 1. The summed E-state index contributed by atoms with van der Waals surface area (Å²) in [5.74, 6) is 0. The van der Waals surface area contributed by atoms with Crippen molar-refractivity contribution in [3.8, 4) is 0 Å². The summed E-state index contributed by atoms with van der Waals surface area (Å²) in [6, 6.07) is 0. The highest BCUT2D eigenvalue weighted by Crippen LogP contribution is 2.20. The molecule has 0 saturated carbocycles. The first-order valence-corrected chi connectivity index (χ1v) is 5.12. The normalized spacial score (nSPS) is 13.2. The minimum atomic E-state index is -4.22. The zero-order chi connectivity index (χ0) is 11.9. The van der Waals surface area contributed by atoms with Crippen LogP contribution in [0.15, 0.2) is 0 Å². The number of halogens is 3. The summed E-state index contributed by atoms with van der Waals surface area (Å²) >= 11 is 0. The van der Waals surface area contributed by atoms with Crippen LogP contribution in [0.3, 0.4) is 0 Å². The monoisotopic (exact) mass is 227 g/mol. The van der Waals surface area contributed by atoms with Gasteiger partial charge in [0, 0.05) is 13.2 Å². The van der Waals surface area contributed by atoms with Gasteiger partial charge < -0.3 is 10.1 Å². The van der Waals surface area contributed by atoms with Gasteiger partial charge in [-0.25, -0.2) is 0 Å². The summed E-state index contributed by atoms with van der Waals surface area (Å²) in [5.41, 5.74) is -0.0262. The molecule has 0 radical (unpaired) electrons. The lowest BCUT2D eigenvalue weighted by Crippen LogP contribution is -2.30. The Balaban J connectivity index is 3.57. The highest BCUT2D eigenvalue weighted by Gasteiger charge is 2.27. The zero-order valence-electron chi connectivity index (χ0n) is 9.58. The van der Waals surface area contributed by atoms with E-state index in [1.165, 1.54) is 0 Å². The quantitative estimate of drug-likeness (QED) is 0.675. The van der Waals surface area contributed by atoms with Gasteiger partial charge >= 0.3 is 6.18 Å². The highest BCUT2D eigenvalue weighted by molar-refractivity contribution is 4.70. The molecular weight excluding hydrogens is 207 g/mol. The maximum atomic E-state index is 11.7. The molecule has 15 heavy (non-hydrogen) atoms. The lowest BCUT2D eigenvalue weighted by Gasteiger charge is -2.24. The molecule has 0 unspecified atom stereocenters. The molecule has 0 spiro atoms. The predicted octanol–water partition coefficient (Wildman–Crippen LogP) is 2.59. The molecule has 0 aliphatic carbocycles. The Morgan fingerprint density at radius 2 is 1.80 bits per heavy atom. The van der Waals surface area contributed by atoms with Crippen molar-refractivity contribution in [3.63, 3.8) is 0 Å². The molecule has 0 bridgehead atoms. The molecule has 0 aliphatic rings. The topological polar surface area (TPSA) is 21.3 Å². The SMILES string of the molecule is CCNCC(C)(C)CCOCC(F)(F)F. The van der Waals surface area contributed by atoms with Crippen LogP contribution in [0.5, 0.6) is 0 Å². The Morgan fingerprint density at radius 3 is 2.27 bits per heavy atom. The second kappa shape index (κ2) is 6.33. The van der Waals surface area contributed by atoms with E-state index >= 15 is 0 Å². The van der Waals surface area contributed by atoms with Crippen molar-refractivity contribution in [2.75, 3.05) is 26.3 Å². The largest absolute Gasteiger partial charge is 0.411 e. The minimum Gasteiger partial charge on any atom is -0.372 e. The molecule has 2 nitrogen and oxygen atoms in total. The van der Waals surface area contributed by atoms with Gasteiger partial charge in [-0.2, -0.15) is 13.2 Å². The summed E-state index contributed by atoms with van der Waals surface area (Å²) in [4.78, 5) is 0. The van der Waals surface area contributed by atoms with E-state index in [9.17, 15) is 13.2 Å². The van der Waals surface area contributed by atoms with Crippen molar-refractivity contribution in [3.05, 3.63) is 0 Å². The number of ether oxygens (including phenoxy) is 1. The van der Waals surface area contributed by atoms with Crippen LogP contribution in [0.2, 0.25) is 0 Å². The number of alkyl halides is 3. The standard InChI is InChI=1S/C10H20F3NO/c1-4-14-7-9(2,3)5-6-15-8-10(11,12)13/h14H,4-8H2,1-3H3. The van der Waals surface area contributed by atoms with Gasteiger partial charge in [0.05, 0.1) is 0 Å². The van der Waals surface area contributed by atoms with Crippen molar-refractivity contribution in [2.24, 2.45) is 5.41 Å². The number of hydrogen-bond acceptors (Lipinski definition) is 2. The summed E-state index contributed by atoms with van der Waals surface area (Å²) in [6.07, 6.45) is -3.60. The van der Waals surface area contributed by atoms with E-state index in [-0.39, 0.29) is 12.0 Å². The molecule has 0 saturated heterocycles. The second-order valence-electron chi connectivity index (χ2n) is 4.36. The second-order valence-corrected chi connectivity index (χ2v) is 4.36. The summed E-state index contributed by atoms with van der Waals surface area (Å²) < 4.78 is 39.8. The van der Waals surface area contributed by atoms with Crippen LogP contribution in [-0.4, -0.2) is 32.5 Å². The Bertz CT molecular complexity index is 169. The van der Waals surface area contributed by atoms with E-state index in [1.54, 1.807) is 0 Å². The zero-order valence-corrected chi connectivity index (χ0v) is 9.58.